The van der Waals surface area contributed by atoms with Crippen LogP contribution in [0.25, 0.3) is 0 Å². The maximum atomic E-state index is 12.9. The summed E-state index contributed by atoms with van der Waals surface area (Å²) >= 11 is 5.60. The Balaban J connectivity index is 2.44. The minimum atomic E-state index is -4.56. The van der Waals surface area contributed by atoms with Crippen molar-refractivity contribution in [2.24, 2.45) is 0 Å². The van der Waals surface area contributed by atoms with Gasteiger partial charge in [0.1, 0.15) is 6.10 Å². The summed E-state index contributed by atoms with van der Waals surface area (Å²) in [6.07, 6.45) is -5.71. The summed E-state index contributed by atoms with van der Waals surface area (Å²) in [7, 11) is 1.76. The number of aliphatic hydroxyl groups is 1. The zero-order chi connectivity index (χ0) is 16.3. The third kappa shape index (κ3) is 3.61. The van der Waals surface area contributed by atoms with Crippen LogP contribution in [-0.4, -0.2) is 12.2 Å². The Labute approximate surface area is 131 Å². The van der Waals surface area contributed by atoms with Crippen molar-refractivity contribution >= 4 is 11.6 Å². The van der Waals surface area contributed by atoms with Gasteiger partial charge in [0.05, 0.1) is 10.6 Å². The van der Waals surface area contributed by atoms with Gasteiger partial charge in [-0.05, 0) is 35.9 Å². The molecular formula is C16H15ClF3NO. The lowest BCUT2D eigenvalue weighted by molar-refractivity contribution is -0.137. The highest BCUT2D eigenvalue weighted by Crippen LogP contribution is 2.37. The van der Waals surface area contributed by atoms with Gasteiger partial charge in [-0.3, -0.25) is 0 Å². The van der Waals surface area contributed by atoms with E-state index >= 15 is 0 Å². The van der Waals surface area contributed by atoms with Crippen LogP contribution in [0.15, 0.2) is 42.5 Å². The van der Waals surface area contributed by atoms with Crippen LogP contribution in [0.2, 0.25) is 5.02 Å². The van der Waals surface area contributed by atoms with E-state index in [0.29, 0.717) is 12.1 Å². The summed E-state index contributed by atoms with van der Waals surface area (Å²) < 4.78 is 38.8. The Morgan fingerprint density at radius 1 is 1.18 bits per heavy atom. The predicted octanol–water partition coefficient (Wildman–Crippen LogP) is 4.16. The molecule has 0 saturated heterocycles. The number of nitrogens with one attached hydrogen (secondary N) is 1. The molecule has 0 radical (unpaired) electrons. The first-order chi connectivity index (χ1) is 10.3. The van der Waals surface area contributed by atoms with Gasteiger partial charge in [0.15, 0.2) is 0 Å². The van der Waals surface area contributed by atoms with E-state index in [1.165, 1.54) is 6.07 Å². The predicted molar refractivity (Wildman–Crippen MR) is 79.7 cm³/mol. The Hall–Kier alpha value is -1.56. The molecule has 2 aromatic rings. The number of halogens is 4. The molecule has 0 fully saturated rings. The van der Waals surface area contributed by atoms with Gasteiger partial charge in [0.25, 0.3) is 0 Å². The Bertz CT molecular complexity index is 658. The van der Waals surface area contributed by atoms with E-state index in [-0.39, 0.29) is 10.6 Å². The van der Waals surface area contributed by atoms with Crippen molar-refractivity contribution in [1.29, 1.82) is 0 Å². The first-order valence-corrected chi connectivity index (χ1v) is 6.99. The van der Waals surface area contributed by atoms with Crippen LogP contribution in [0.1, 0.15) is 28.4 Å². The molecule has 0 saturated carbocycles. The molecule has 2 rings (SSSR count). The number of alkyl halides is 3. The second-order valence-electron chi connectivity index (χ2n) is 4.87. The molecule has 0 unspecified atom stereocenters. The highest BCUT2D eigenvalue weighted by Gasteiger charge is 2.34. The molecule has 6 heteroatoms. The average molecular weight is 330 g/mol. The molecule has 0 aliphatic carbocycles. The number of rotatable bonds is 4. The highest BCUT2D eigenvalue weighted by atomic mass is 35.5. The SMILES string of the molecule is CNCc1ccccc1[C@H](O)c1ccc(Cl)c(C(F)(F)F)c1. The molecule has 0 heterocycles. The second-order valence-corrected chi connectivity index (χ2v) is 5.28. The quantitative estimate of drug-likeness (QED) is 0.882. The van der Waals surface area contributed by atoms with Gasteiger partial charge in [-0.2, -0.15) is 13.2 Å². The topological polar surface area (TPSA) is 32.3 Å². The number of hydrogen-bond acceptors (Lipinski definition) is 2. The maximum absolute atomic E-state index is 12.9. The van der Waals surface area contributed by atoms with Gasteiger partial charge < -0.3 is 10.4 Å². The van der Waals surface area contributed by atoms with Crippen molar-refractivity contribution < 1.29 is 18.3 Å². The van der Waals surface area contributed by atoms with Crippen LogP contribution in [0.4, 0.5) is 13.2 Å². The zero-order valence-electron chi connectivity index (χ0n) is 11.8. The van der Waals surface area contributed by atoms with Crippen molar-refractivity contribution in [3.8, 4) is 0 Å². The van der Waals surface area contributed by atoms with Crippen molar-refractivity contribution in [2.45, 2.75) is 18.8 Å². The van der Waals surface area contributed by atoms with Gasteiger partial charge in [0.2, 0.25) is 0 Å². The first kappa shape index (κ1) is 16.8. The molecule has 1 atom stereocenters. The third-order valence-corrected chi connectivity index (χ3v) is 3.66. The summed E-state index contributed by atoms with van der Waals surface area (Å²) in [6, 6.07) is 10.5. The molecule has 2 aromatic carbocycles. The lowest BCUT2D eigenvalue weighted by Crippen LogP contribution is -2.12. The minimum absolute atomic E-state index is 0.153. The largest absolute Gasteiger partial charge is 0.417 e. The zero-order valence-corrected chi connectivity index (χ0v) is 12.5. The van der Waals surface area contributed by atoms with Crippen LogP contribution < -0.4 is 5.32 Å². The maximum Gasteiger partial charge on any atom is 0.417 e. The molecule has 0 aliphatic heterocycles. The highest BCUT2D eigenvalue weighted by molar-refractivity contribution is 6.31. The van der Waals surface area contributed by atoms with Crippen LogP contribution in [-0.2, 0) is 12.7 Å². The van der Waals surface area contributed by atoms with Gasteiger partial charge in [0, 0.05) is 6.54 Å². The van der Waals surface area contributed by atoms with E-state index in [1.54, 1.807) is 19.2 Å². The lowest BCUT2D eigenvalue weighted by Gasteiger charge is -2.18. The monoisotopic (exact) mass is 329 g/mol. The molecule has 118 valence electrons. The molecule has 0 bridgehead atoms. The van der Waals surface area contributed by atoms with Crippen molar-refractivity contribution in [1.82, 2.24) is 5.32 Å². The normalized spacial score (nSPS) is 13.2. The fraction of sp³-hybridized carbons (Fsp3) is 0.250. The summed E-state index contributed by atoms with van der Waals surface area (Å²) in [5.74, 6) is 0. The van der Waals surface area contributed by atoms with Gasteiger partial charge >= 0.3 is 6.18 Å². The third-order valence-electron chi connectivity index (χ3n) is 3.33. The molecule has 22 heavy (non-hydrogen) atoms. The van der Waals surface area contributed by atoms with E-state index in [1.807, 2.05) is 12.1 Å². The fourth-order valence-electron chi connectivity index (χ4n) is 2.26. The molecule has 0 spiro atoms. The minimum Gasteiger partial charge on any atom is -0.384 e. The Morgan fingerprint density at radius 3 is 2.50 bits per heavy atom. The summed E-state index contributed by atoms with van der Waals surface area (Å²) in [4.78, 5) is 0. The summed E-state index contributed by atoms with van der Waals surface area (Å²) in [5.41, 5.74) is 0.588. The number of hydrogen-bond donors (Lipinski definition) is 2. The first-order valence-electron chi connectivity index (χ1n) is 6.61. The molecule has 2 nitrogen and oxygen atoms in total. The van der Waals surface area contributed by atoms with E-state index in [0.717, 1.165) is 17.7 Å². The van der Waals surface area contributed by atoms with E-state index < -0.39 is 17.8 Å². The van der Waals surface area contributed by atoms with Crippen LogP contribution in [0.3, 0.4) is 0 Å². The molecular weight excluding hydrogens is 315 g/mol. The standard InChI is InChI=1S/C16H15ClF3NO/c1-21-9-11-4-2-3-5-12(11)15(22)10-6-7-14(17)13(8-10)16(18,19)20/h2-8,15,21-22H,9H2,1H3/t15-/m1/s1. The number of benzene rings is 2. The second kappa shape index (κ2) is 6.69. The van der Waals surface area contributed by atoms with Crippen LogP contribution >= 0.6 is 11.6 Å². The molecule has 0 amide bonds. The van der Waals surface area contributed by atoms with Crippen molar-refractivity contribution in [2.75, 3.05) is 7.05 Å². The molecule has 2 N–H and O–H groups in total. The average Bonchev–Trinajstić information content (AvgIpc) is 2.47. The number of aliphatic hydroxyl groups excluding tert-OH is 1. The van der Waals surface area contributed by atoms with Crippen molar-refractivity contribution in [3.05, 3.63) is 69.7 Å². The lowest BCUT2D eigenvalue weighted by atomic mass is 9.95. The van der Waals surface area contributed by atoms with Gasteiger partial charge in [-0.1, -0.05) is 41.9 Å². The smallest absolute Gasteiger partial charge is 0.384 e. The van der Waals surface area contributed by atoms with Gasteiger partial charge in [-0.25, -0.2) is 0 Å². The summed E-state index contributed by atoms with van der Waals surface area (Å²) in [5, 5.41) is 13.0. The van der Waals surface area contributed by atoms with E-state index in [2.05, 4.69) is 5.32 Å². The van der Waals surface area contributed by atoms with Crippen LogP contribution in [0, 0.1) is 0 Å². The molecule has 0 aliphatic rings. The Morgan fingerprint density at radius 2 is 1.86 bits per heavy atom. The van der Waals surface area contributed by atoms with Gasteiger partial charge in [-0.15, -0.1) is 0 Å². The molecule has 0 aromatic heterocycles. The van der Waals surface area contributed by atoms with Crippen molar-refractivity contribution in [3.63, 3.8) is 0 Å². The summed E-state index contributed by atoms with van der Waals surface area (Å²) in [6.45, 7) is 0.507. The van der Waals surface area contributed by atoms with Crippen LogP contribution in [0.5, 0.6) is 0 Å². The fourth-order valence-corrected chi connectivity index (χ4v) is 2.49. The van der Waals surface area contributed by atoms with E-state index in [9.17, 15) is 18.3 Å². The Kier molecular flexibility index (Phi) is 5.11. The van der Waals surface area contributed by atoms with E-state index in [4.69, 9.17) is 11.6 Å².